The van der Waals surface area contributed by atoms with Crippen molar-refractivity contribution in [2.24, 2.45) is 0 Å². The fourth-order valence-corrected chi connectivity index (χ4v) is 2.73. The quantitative estimate of drug-likeness (QED) is 0.826. The largest absolute Gasteiger partial charge is 0.508 e. The van der Waals surface area contributed by atoms with Gasteiger partial charge in [-0.15, -0.1) is 0 Å². The molecule has 2 aromatic rings. The van der Waals surface area contributed by atoms with Crippen molar-refractivity contribution in [1.29, 1.82) is 5.26 Å². The molecule has 0 saturated heterocycles. The Morgan fingerprint density at radius 1 is 1.08 bits per heavy atom. The average molecular weight is 321 g/mol. The molecule has 0 fully saturated rings. The Morgan fingerprint density at radius 2 is 1.71 bits per heavy atom. The fourth-order valence-electron chi connectivity index (χ4n) is 2.73. The van der Waals surface area contributed by atoms with E-state index in [9.17, 15) is 20.3 Å². The predicted octanol–water partition coefficient (Wildman–Crippen LogP) is 4.15. The van der Waals surface area contributed by atoms with Gasteiger partial charge < -0.3 is 10.2 Å². The van der Waals surface area contributed by atoms with Crippen molar-refractivity contribution in [3.8, 4) is 17.6 Å². The molecule has 2 N–H and O–H groups in total. The predicted molar refractivity (Wildman–Crippen MR) is 92.9 cm³/mol. The Balaban J connectivity index is 0.00000100. The van der Waals surface area contributed by atoms with E-state index in [1.54, 1.807) is 0 Å². The Kier molecular flexibility index (Phi) is 5.05. The van der Waals surface area contributed by atoms with Gasteiger partial charge in [-0.05, 0) is 29.7 Å². The zero-order chi connectivity index (χ0) is 17.9. The maximum absolute atomic E-state index is 12.5. The van der Waals surface area contributed by atoms with Crippen LogP contribution in [-0.4, -0.2) is 16.0 Å². The van der Waals surface area contributed by atoms with Crippen LogP contribution >= 0.6 is 0 Å². The van der Waals surface area contributed by atoms with Gasteiger partial charge in [-0.2, -0.15) is 5.26 Å². The molecular formula is C20H19NO3. The Hall–Kier alpha value is -3.06. The van der Waals surface area contributed by atoms with Crippen molar-refractivity contribution in [1.82, 2.24) is 0 Å². The van der Waals surface area contributed by atoms with Crippen LogP contribution < -0.4 is 0 Å². The number of aromatic hydroxyl groups is 2. The number of phenols is 2. The molecule has 2 aromatic carbocycles. The van der Waals surface area contributed by atoms with Gasteiger partial charge in [0.1, 0.15) is 23.1 Å². The van der Waals surface area contributed by atoms with Gasteiger partial charge in [0.15, 0.2) is 0 Å². The van der Waals surface area contributed by atoms with Crippen molar-refractivity contribution in [3.63, 3.8) is 0 Å². The van der Waals surface area contributed by atoms with Gasteiger partial charge >= 0.3 is 0 Å². The Morgan fingerprint density at radius 3 is 2.29 bits per heavy atom. The third-order valence-electron chi connectivity index (χ3n) is 3.82. The molecule has 4 heteroatoms. The van der Waals surface area contributed by atoms with Crippen LogP contribution in [0, 0.1) is 18.3 Å². The van der Waals surface area contributed by atoms with Crippen LogP contribution in [-0.2, 0) is 6.42 Å². The van der Waals surface area contributed by atoms with Crippen LogP contribution in [0.25, 0.3) is 5.57 Å². The molecule has 122 valence electrons. The third-order valence-corrected chi connectivity index (χ3v) is 3.82. The smallest absolute Gasteiger partial charge is 0.207 e. The first kappa shape index (κ1) is 17.3. The number of aryl methyl sites for hydroxylation is 1. The van der Waals surface area contributed by atoms with Gasteiger partial charge in [-0.1, -0.05) is 43.7 Å². The number of carbonyl (C=O) groups excluding carboxylic acids is 1. The lowest BCUT2D eigenvalue weighted by atomic mass is 9.82. The number of phenolic OH excluding ortho intramolecular Hbond substituents is 2. The number of nitrogens with zero attached hydrogens (tertiary/aromatic N) is 1. The summed E-state index contributed by atoms with van der Waals surface area (Å²) in [6.45, 7) is 5.96. The van der Waals surface area contributed by atoms with E-state index in [0.717, 1.165) is 17.2 Å². The standard InChI is InChI=1S/C18H13NO3.C2H6/c1-10-2-4-11(5-3-10)14-7-12-6-13(20)8-16(21)17(12)18(22)15(14)9-19;1-2/h2-6,8,20-21H,7H2,1H3;1-2H3. The summed E-state index contributed by atoms with van der Waals surface area (Å²) in [5.74, 6) is -0.903. The number of benzene rings is 2. The molecule has 0 bridgehead atoms. The molecule has 1 aliphatic rings. The summed E-state index contributed by atoms with van der Waals surface area (Å²) in [5, 5.41) is 28.9. The second kappa shape index (κ2) is 7.01. The summed E-state index contributed by atoms with van der Waals surface area (Å²) in [5.41, 5.74) is 3.16. The minimum Gasteiger partial charge on any atom is -0.508 e. The van der Waals surface area contributed by atoms with E-state index in [4.69, 9.17) is 0 Å². The molecule has 0 aliphatic heterocycles. The summed E-state index contributed by atoms with van der Waals surface area (Å²) >= 11 is 0. The van der Waals surface area contributed by atoms with Crippen LogP contribution in [0.4, 0.5) is 0 Å². The van der Waals surface area contributed by atoms with Crippen LogP contribution in [0.15, 0.2) is 42.0 Å². The van der Waals surface area contributed by atoms with E-state index in [2.05, 4.69) is 0 Å². The van der Waals surface area contributed by atoms with Crippen molar-refractivity contribution in [3.05, 3.63) is 64.2 Å². The molecular weight excluding hydrogens is 302 g/mol. The maximum Gasteiger partial charge on any atom is 0.207 e. The van der Waals surface area contributed by atoms with Crippen LogP contribution in [0.2, 0.25) is 0 Å². The van der Waals surface area contributed by atoms with Crippen molar-refractivity contribution < 1.29 is 15.0 Å². The van der Waals surface area contributed by atoms with Crippen LogP contribution in [0.1, 0.15) is 40.9 Å². The van der Waals surface area contributed by atoms with Crippen LogP contribution in [0.5, 0.6) is 11.5 Å². The molecule has 0 radical (unpaired) electrons. The number of fused-ring (bicyclic) bond motifs is 1. The first-order valence-electron chi connectivity index (χ1n) is 7.81. The molecule has 3 rings (SSSR count). The molecule has 0 heterocycles. The third kappa shape index (κ3) is 3.02. The molecule has 0 spiro atoms. The Bertz CT molecular complexity index is 856. The van der Waals surface area contributed by atoms with Gasteiger partial charge in [-0.3, -0.25) is 4.79 Å². The van der Waals surface area contributed by atoms with E-state index in [0.29, 0.717) is 17.6 Å². The lowest BCUT2D eigenvalue weighted by Gasteiger charge is -2.20. The minimum absolute atomic E-state index is 0.0392. The molecule has 0 unspecified atom stereocenters. The molecule has 24 heavy (non-hydrogen) atoms. The lowest BCUT2D eigenvalue weighted by molar-refractivity contribution is 0.103. The minimum atomic E-state index is -0.503. The van der Waals surface area contributed by atoms with Crippen LogP contribution in [0.3, 0.4) is 0 Å². The molecule has 0 atom stereocenters. The van der Waals surface area contributed by atoms with Gasteiger partial charge in [0.25, 0.3) is 0 Å². The average Bonchev–Trinajstić information content (AvgIpc) is 2.56. The van der Waals surface area contributed by atoms with Crippen molar-refractivity contribution in [2.75, 3.05) is 0 Å². The summed E-state index contributed by atoms with van der Waals surface area (Å²) in [7, 11) is 0. The maximum atomic E-state index is 12.5. The van der Waals surface area contributed by atoms with E-state index in [1.165, 1.54) is 6.07 Å². The summed E-state index contributed by atoms with van der Waals surface area (Å²) in [6, 6.07) is 12.1. The second-order valence-electron chi connectivity index (χ2n) is 5.34. The zero-order valence-corrected chi connectivity index (χ0v) is 13.9. The lowest BCUT2D eigenvalue weighted by Crippen LogP contribution is -2.15. The van der Waals surface area contributed by atoms with E-state index < -0.39 is 5.78 Å². The van der Waals surface area contributed by atoms with Gasteiger partial charge in [-0.25, -0.2) is 0 Å². The van der Waals surface area contributed by atoms with E-state index >= 15 is 0 Å². The number of carbonyl (C=O) groups is 1. The SMILES string of the molecule is CC.Cc1ccc(C2=C(C#N)C(=O)c3c(O)cc(O)cc3C2)cc1. The number of rotatable bonds is 1. The zero-order valence-electron chi connectivity index (χ0n) is 13.9. The van der Waals surface area contributed by atoms with Crippen molar-refractivity contribution >= 4 is 11.4 Å². The molecule has 1 aliphatic carbocycles. The molecule has 0 aromatic heterocycles. The molecule has 0 saturated carbocycles. The number of Topliss-reactive ketones (excluding diaryl/α,β-unsaturated/α-hetero) is 1. The number of hydrogen-bond acceptors (Lipinski definition) is 4. The van der Waals surface area contributed by atoms with Crippen molar-refractivity contribution in [2.45, 2.75) is 27.2 Å². The summed E-state index contributed by atoms with van der Waals surface area (Å²) in [6.07, 6.45) is 0.314. The van der Waals surface area contributed by atoms with Gasteiger partial charge in [0.05, 0.1) is 5.56 Å². The topological polar surface area (TPSA) is 81.3 Å². The number of nitriles is 1. The first-order valence-corrected chi connectivity index (χ1v) is 7.81. The summed E-state index contributed by atoms with van der Waals surface area (Å²) < 4.78 is 0. The Labute approximate surface area is 141 Å². The van der Waals surface area contributed by atoms with E-state index in [-0.39, 0.29) is 22.6 Å². The highest BCUT2D eigenvalue weighted by atomic mass is 16.3. The monoisotopic (exact) mass is 321 g/mol. The molecule has 4 nitrogen and oxygen atoms in total. The van der Waals surface area contributed by atoms with E-state index in [1.807, 2.05) is 51.1 Å². The normalized spacial score (nSPS) is 12.8. The summed E-state index contributed by atoms with van der Waals surface area (Å²) in [4.78, 5) is 12.5. The second-order valence-corrected chi connectivity index (χ2v) is 5.34. The first-order chi connectivity index (χ1) is 11.5. The fraction of sp³-hybridized carbons (Fsp3) is 0.200. The highest BCUT2D eigenvalue weighted by Gasteiger charge is 2.29. The molecule has 0 amide bonds. The highest BCUT2D eigenvalue weighted by Crippen LogP contribution is 2.38. The number of ketones is 1. The van der Waals surface area contributed by atoms with Gasteiger partial charge in [0.2, 0.25) is 5.78 Å². The number of allylic oxidation sites excluding steroid dienone is 2. The highest BCUT2D eigenvalue weighted by molar-refractivity contribution is 6.20. The van der Waals surface area contributed by atoms with Gasteiger partial charge in [0, 0.05) is 12.5 Å². The number of hydrogen-bond donors (Lipinski definition) is 2.